The number of nitrogens with one attached hydrogen (secondary N) is 1. The van der Waals surface area contributed by atoms with Crippen LogP contribution in [0, 0.1) is 12.8 Å². The van der Waals surface area contributed by atoms with Crippen LogP contribution in [0.4, 0.5) is 0 Å². The van der Waals surface area contributed by atoms with E-state index in [-0.39, 0.29) is 23.6 Å². The quantitative estimate of drug-likeness (QED) is 0.839. The Morgan fingerprint density at radius 3 is 2.88 bits per heavy atom. The van der Waals surface area contributed by atoms with E-state index in [4.69, 9.17) is 4.74 Å². The first-order valence-corrected chi connectivity index (χ1v) is 10.3. The summed E-state index contributed by atoms with van der Waals surface area (Å²) in [7, 11) is -0.340. The lowest BCUT2D eigenvalue weighted by Gasteiger charge is -2.21. The van der Waals surface area contributed by atoms with Crippen LogP contribution in [0.3, 0.4) is 0 Å². The van der Waals surface area contributed by atoms with E-state index >= 15 is 0 Å². The van der Waals surface area contributed by atoms with Gasteiger partial charge in [-0.05, 0) is 25.1 Å². The fraction of sp³-hybridized carbons (Fsp3) is 0.500. The van der Waals surface area contributed by atoms with Gasteiger partial charge in [0, 0.05) is 25.6 Å². The minimum absolute atomic E-state index is 0.0464. The second-order valence-corrected chi connectivity index (χ2v) is 9.82. The second-order valence-electron chi connectivity index (χ2n) is 6.35. The SMILES string of the molecule is Cc1nc2cc(C(=O)N[C@H]3COC[C@H]3CS(=O)(=O)N(C)C)ccc2s1. The molecule has 9 heteroatoms. The van der Waals surface area contributed by atoms with Crippen LogP contribution in [0.15, 0.2) is 18.2 Å². The number of aromatic nitrogens is 1. The Labute approximate surface area is 151 Å². The number of aryl methyl sites for hydroxylation is 1. The van der Waals surface area contributed by atoms with E-state index in [1.807, 2.05) is 13.0 Å². The Morgan fingerprint density at radius 2 is 2.16 bits per heavy atom. The zero-order valence-electron chi connectivity index (χ0n) is 14.4. The minimum Gasteiger partial charge on any atom is -0.379 e. The van der Waals surface area contributed by atoms with Gasteiger partial charge >= 0.3 is 0 Å². The van der Waals surface area contributed by atoms with Crippen LogP contribution in [0.1, 0.15) is 15.4 Å². The fourth-order valence-corrected chi connectivity index (χ4v) is 4.75. The first kappa shape index (κ1) is 18.2. The van der Waals surface area contributed by atoms with Gasteiger partial charge in [-0.1, -0.05) is 0 Å². The summed E-state index contributed by atoms with van der Waals surface area (Å²) in [6.07, 6.45) is 0. The molecule has 0 bridgehead atoms. The highest BCUT2D eigenvalue weighted by Gasteiger charge is 2.34. The molecule has 0 aliphatic carbocycles. The Kier molecular flexibility index (Phi) is 5.10. The number of carbonyl (C=O) groups excluding carboxylic acids is 1. The van der Waals surface area contributed by atoms with Gasteiger partial charge in [0.1, 0.15) is 0 Å². The standard InChI is InChI=1S/C16H21N3O4S2/c1-10-17-13-6-11(4-5-15(13)24-10)16(20)18-14-8-23-7-12(14)9-25(21,22)19(2)3/h4-6,12,14H,7-9H2,1-3H3,(H,18,20)/t12-,14-/m0/s1. The molecule has 25 heavy (non-hydrogen) atoms. The maximum absolute atomic E-state index is 12.5. The summed E-state index contributed by atoms with van der Waals surface area (Å²) in [6, 6.07) is 5.08. The largest absolute Gasteiger partial charge is 0.379 e. The third kappa shape index (κ3) is 4.00. The summed E-state index contributed by atoms with van der Waals surface area (Å²) in [5.41, 5.74) is 1.31. The number of benzene rings is 1. The van der Waals surface area contributed by atoms with Crippen molar-refractivity contribution in [3.05, 3.63) is 28.8 Å². The van der Waals surface area contributed by atoms with Crippen molar-refractivity contribution in [3.63, 3.8) is 0 Å². The normalized spacial score (nSPS) is 21.1. The predicted octanol–water partition coefficient (Wildman–Crippen LogP) is 1.24. The van der Waals surface area contributed by atoms with Crippen LogP contribution in [-0.2, 0) is 14.8 Å². The van der Waals surface area contributed by atoms with Crippen molar-refractivity contribution in [2.24, 2.45) is 5.92 Å². The Morgan fingerprint density at radius 1 is 1.40 bits per heavy atom. The van der Waals surface area contributed by atoms with Gasteiger partial charge in [0.05, 0.1) is 40.2 Å². The van der Waals surface area contributed by atoms with Gasteiger partial charge in [-0.15, -0.1) is 11.3 Å². The molecule has 0 radical (unpaired) electrons. The molecular weight excluding hydrogens is 362 g/mol. The first-order chi connectivity index (χ1) is 11.8. The third-order valence-electron chi connectivity index (χ3n) is 4.25. The molecule has 0 saturated carbocycles. The number of ether oxygens (including phenoxy) is 1. The molecular formula is C16H21N3O4S2. The van der Waals surface area contributed by atoms with Crippen LogP contribution in [0.25, 0.3) is 10.2 Å². The summed E-state index contributed by atoms with van der Waals surface area (Å²) in [6.45, 7) is 2.57. The van der Waals surface area contributed by atoms with Gasteiger partial charge < -0.3 is 10.1 Å². The molecule has 2 atom stereocenters. The van der Waals surface area contributed by atoms with Crippen molar-refractivity contribution < 1.29 is 17.9 Å². The number of rotatable bonds is 5. The molecule has 1 amide bonds. The molecule has 136 valence electrons. The molecule has 1 aliphatic rings. The topological polar surface area (TPSA) is 88.6 Å². The number of carbonyl (C=O) groups is 1. The molecule has 1 N–H and O–H groups in total. The highest BCUT2D eigenvalue weighted by atomic mass is 32.2. The number of hydrogen-bond acceptors (Lipinski definition) is 6. The van der Waals surface area contributed by atoms with Crippen LogP contribution in [0.2, 0.25) is 0 Å². The number of thiazole rings is 1. The fourth-order valence-electron chi connectivity index (χ4n) is 2.78. The molecule has 1 aliphatic heterocycles. The monoisotopic (exact) mass is 383 g/mol. The molecule has 1 fully saturated rings. The van der Waals surface area contributed by atoms with E-state index in [0.29, 0.717) is 18.8 Å². The zero-order chi connectivity index (χ0) is 18.2. The third-order valence-corrected chi connectivity index (χ3v) is 7.17. The smallest absolute Gasteiger partial charge is 0.251 e. The van der Waals surface area contributed by atoms with Crippen molar-refractivity contribution in [1.82, 2.24) is 14.6 Å². The number of hydrogen-bond donors (Lipinski definition) is 1. The van der Waals surface area contributed by atoms with E-state index < -0.39 is 10.0 Å². The maximum atomic E-state index is 12.5. The van der Waals surface area contributed by atoms with E-state index in [2.05, 4.69) is 10.3 Å². The Bertz CT molecular complexity index is 892. The van der Waals surface area contributed by atoms with E-state index in [0.717, 1.165) is 15.2 Å². The van der Waals surface area contributed by atoms with Crippen LogP contribution in [-0.4, -0.2) is 62.7 Å². The van der Waals surface area contributed by atoms with Crippen LogP contribution < -0.4 is 5.32 Å². The van der Waals surface area contributed by atoms with Crippen molar-refractivity contribution >= 4 is 37.5 Å². The van der Waals surface area contributed by atoms with Crippen molar-refractivity contribution in [3.8, 4) is 0 Å². The lowest BCUT2D eigenvalue weighted by molar-refractivity contribution is 0.0926. The highest BCUT2D eigenvalue weighted by Crippen LogP contribution is 2.23. The van der Waals surface area contributed by atoms with Crippen molar-refractivity contribution in [2.75, 3.05) is 33.1 Å². The summed E-state index contributed by atoms with van der Waals surface area (Å²) < 4.78 is 31.8. The van der Waals surface area contributed by atoms with Gasteiger partial charge in [0.2, 0.25) is 10.0 Å². The highest BCUT2D eigenvalue weighted by molar-refractivity contribution is 7.89. The molecule has 0 unspecified atom stereocenters. The number of sulfonamides is 1. The van der Waals surface area contributed by atoms with Gasteiger partial charge in [0.15, 0.2) is 0 Å². The first-order valence-electron chi connectivity index (χ1n) is 7.92. The number of fused-ring (bicyclic) bond motifs is 1. The van der Waals surface area contributed by atoms with E-state index in [1.165, 1.54) is 18.4 Å². The Hall–Kier alpha value is -1.55. The van der Waals surface area contributed by atoms with Gasteiger partial charge in [-0.2, -0.15) is 0 Å². The van der Waals surface area contributed by atoms with Crippen LogP contribution in [0.5, 0.6) is 0 Å². The molecule has 1 aromatic heterocycles. The molecule has 3 rings (SSSR count). The van der Waals surface area contributed by atoms with E-state index in [1.54, 1.807) is 23.5 Å². The Balaban J connectivity index is 1.72. The van der Waals surface area contributed by atoms with Gasteiger partial charge in [-0.3, -0.25) is 4.79 Å². The van der Waals surface area contributed by atoms with Gasteiger partial charge in [-0.25, -0.2) is 17.7 Å². The molecule has 1 saturated heterocycles. The summed E-state index contributed by atoms with van der Waals surface area (Å²) in [5.74, 6) is -0.549. The van der Waals surface area contributed by atoms with Crippen LogP contribution >= 0.6 is 11.3 Å². The zero-order valence-corrected chi connectivity index (χ0v) is 16.0. The average molecular weight is 383 g/mol. The number of nitrogens with zero attached hydrogens (tertiary/aromatic N) is 2. The molecule has 7 nitrogen and oxygen atoms in total. The van der Waals surface area contributed by atoms with Crippen molar-refractivity contribution in [2.45, 2.75) is 13.0 Å². The number of amides is 1. The summed E-state index contributed by atoms with van der Waals surface area (Å²) in [4.78, 5) is 16.9. The lowest BCUT2D eigenvalue weighted by atomic mass is 10.1. The summed E-state index contributed by atoms with van der Waals surface area (Å²) in [5, 5.41) is 3.86. The molecule has 1 aromatic carbocycles. The van der Waals surface area contributed by atoms with E-state index in [9.17, 15) is 13.2 Å². The maximum Gasteiger partial charge on any atom is 0.251 e. The summed E-state index contributed by atoms with van der Waals surface area (Å²) >= 11 is 1.58. The second kappa shape index (κ2) is 6.99. The molecule has 2 aromatic rings. The molecule has 2 heterocycles. The minimum atomic E-state index is -3.35. The average Bonchev–Trinajstić information content (AvgIpc) is 3.11. The predicted molar refractivity (Wildman–Crippen MR) is 97.4 cm³/mol. The van der Waals surface area contributed by atoms with Gasteiger partial charge in [0.25, 0.3) is 5.91 Å². The lowest BCUT2D eigenvalue weighted by Crippen LogP contribution is -2.43. The van der Waals surface area contributed by atoms with Crippen molar-refractivity contribution in [1.29, 1.82) is 0 Å². The molecule has 0 spiro atoms.